The summed E-state index contributed by atoms with van der Waals surface area (Å²) in [6.45, 7) is 2.30. The summed E-state index contributed by atoms with van der Waals surface area (Å²) in [5.41, 5.74) is 0. The second-order valence-corrected chi connectivity index (χ2v) is 6.68. The molecule has 0 aromatic carbocycles. The van der Waals surface area contributed by atoms with Crippen molar-refractivity contribution in [3.05, 3.63) is 0 Å². The summed E-state index contributed by atoms with van der Waals surface area (Å²) >= 11 is 0. The van der Waals surface area contributed by atoms with Crippen LogP contribution in [-0.4, -0.2) is 75.8 Å². The molecule has 0 saturated heterocycles. The van der Waals surface area contributed by atoms with Crippen molar-refractivity contribution in [1.82, 2.24) is 10.6 Å². The monoisotopic (exact) mass is 380 g/mol. The normalized spacial score (nSPS) is 13.1. The summed E-state index contributed by atoms with van der Waals surface area (Å²) in [6, 6.07) is 0. The summed E-state index contributed by atoms with van der Waals surface area (Å²) in [5, 5.41) is 14.2. The predicted octanol–water partition coefficient (Wildman–Crippen LogP) is 0.444. The van der Waals surface area contributed by atoms with Crippen LogP contribution in [0.3, 0.4) is 0 Å². The molecule has 2 unspecified atom stereocenters. The van der Waals surface area contributed by atoms with Crippen LogP contribution in [0.5, 0.6) is 0 Å². The van der Waals surface area contributed by atoms with E-state index in [4.69, 9.17) is 26.4 Å². The average Bonchev–Trinajstić information content (AvgIpc) is 2.59. The third-order valence-corrected chi connectivity index (χ3v) is 4.23. The minimum atomic E-state index is -0.755. The van der Waals surface area contributed by atoms with Crippen LogP contribution in [0, 0.1) is 0 Å². The zero-order valence-electron chi connectivity index (χ0n) is 14.0. The summed E-state index contributed by atoms with van der Waals surface area (Å²) in [7, 11) is 9.25. The van der Waals surface area contributed by atoms with Gasteiger partial charge in [0.15, 0.2) is 13.4 Å². The smallest absolute Gasteiger partial charge is 0.407 e. The molecule has 138 valence electrons. The van der Waals surface area contributed by atoms with E-state index in [1.807, 2.05) is 6.92 Å². The average molecular weight is 380 g/mol. The number of aliphatic hydroxyl groups is 1. The van der Waals surface area contributed by atoms with Crippen molar-refractivity contribution < 1.29 is 28.9 Å². The van der Waals surface area contributed by atoms with Gasteiger partial charge < -0.3 is 30.0 Å². The van der Waals surface area contributed by atoms with E-state index in [1.165, 1.54) is 17.9 Å². The first-order chi connectivity index (χ1) is 11.6. The Hall–Kier alpha value is -0.615. The van der Waals surface area contributed by atoms with E-state index in [9.17, 15) is 9.59 Å². The summed E-state index contributed by atoms with van der Waals surface area (Å²) in [6.07, 6.45) is -1.03. The molecule has 0 spiro atoms. The first-order valence-corrected chi connectivity index (χ1v) is 9.90. The first kappa shape index (κ1) is 23.4. The molecule has 0 aliphatic rings. The fraction of sp³-hybridized carbons (Fsp3) is 0.846. The highest BCUT2D eigenvalue weighted by atomic mass is 33.1. The van der Waals surface area contributed by atoms with Gasteiger partial charge in [-0.3, -0.25) is 4.79 Å². The summed E-state index contributed by atoms with van der Waals surface area (Å²) in [5.74, 6) is 0.553. The largest absolute Gasteiger partial charge is 0.444 e. The third-order valence-electron chi connectivity index (χ3n) is 2.81. The number of alkyl carbamates (subject to hydrolysis) is 1. The number of aliphatic hydroxyl groups excluding tert-OH is 1. The lowest BCUT2D eigenvalue weighted by Crippen LogP contribution is -2.35. The minimum absolute atomic E-state index is 0.112. The Morgan fingerprint density at radius 3 is 2.62 bits per heavy atom. The molecule has 0 aliphatic heterocycles. The quantitative estimate of drug-likeness (QED) is 0.173. The number of hydrogen-bond acceptors (Lipinski definition) is 8. The highest BCUT2D eigenvalue weighted by Crippen LogP contribution is 2.13. The SMILES string of the molecule is [B]SSCCNC(=O)CCNC(=O)OCC(OC)OC(CC)CO. The van der Waals surface area contributed by atoms with E-state index in [0.717, 1.165) is 10.6 Å². The fourth-order valence-corrected chi connectivity index (χ4v) is 2.31. The van der Waals surface area contributed by atoms with E-state index in [1.54, 1.807) is 0 Å². The third kappa shape index (κ3) is 12.8. The van der Waals surface area contributed by atoms with Crippen LogP contribution in [0.1, 0.15) is 19.8 Å². The number of carbonyl (C=O) groups excluding carboxylic acids is 2. The van der Waals surface area contributed by atoms with Crippen molar-refractivity contribution in [2.24, 2.45) is 0 Å². The molecule has 0 heterocycles. The number of nitrogens with one attached hydrogen (secondary N) is 2. The Labute approximate surface area is 151 Å². The fourth-order valence-electron chi connectivity index (χ4n) is 1.49. The van der Waals surface area contributed by atoms with Gasteiger partial charge in [-0.1, -0.05) is 6.92 Å². The zero-order valence-corrected chi connectivity index (χ0v) is 15.6. The molecule has 2 radical (unpaired) electrons. The van der Waals surface area contributed by atoms with Crippen molar-refractivity contribution >= 4 is 40.6 Å². The van der Waals surface area contributed by atoms with Gasteiger partial charge in [-0.15, -0.1) is 10.8 Å². The molecule has 0 rings (SSSR count). The van der Waals surface area contributed by atoms with Crippen LogP contribution in [0.15, 0.2) is 0 Å². The van der Waals surface area contributed by atoms with Gasteiger partial charge in [-0.2, -0.15) is 10.6 Å². The zero-order chi connectivity index (χ0) is 18.2. The standard InChI is InChI=1S/C13H25BN2O6S2/c1-3-10(8-17)22-12(20-2)9-21-13(19)16-5-4-11(18)15-6-7-23-24-14/h10,12,17H,3-9H2,1-2H3,(H,15,18)(H,16,19). The Morgan fingerprint density at radius 1 is 1.29 bits per heavy atom. The number of methoxy groups -OCH3 is 1. The van der Waals surface area contributed by atoms with E-state index >= 15 is 0 Å². The number of rotatable bonds is 14. The molecule has 24 heavy (non-hydrogen) atoms. The van der Waals surface area contributed by atoms with E-state index in [2.05, 4.69) is 10.6 Å². The van der Waals surface area contributed by atoms with Crippen LogP contribution in [0.4, 0.5) is 4.79 Å². The molecule has 0 aromatic rings. The van der Waals surface area contributed by atoms with Crippen molar-refractivity contribution in [3.8, 4) is 0 Å². The van der Waals surface area contributed by atoms with Gasteiger partial charge in [-0.25, -0.2) is 4.79 Å². The number of amides is 2. The van der Waals surface area contributed by atoms with E-state index in [-0.39, 0.29) is 38.2 Å². The molecule has 11 heteroatoms. The van der Waals surface area contributed by atoms with Gasteiger partial charge in [0.2, 0.25) is 5.91 Å². The Kier molecular flexibility index (Phi) is 15.5. The lowest BCUT2D eigenvalue weighted by molar-refractivity contribution is -0.181. The summed E-state index contributed by atoms with van der Waals surface area (Å²) in [4.78, 5) is 23.0. The van der Waals surface area contributed by atoms with Crippen LogP contribution in [0.2, 0.25) is 0 Å². The predicted molar refractivity (Wildman–Crippen MR) is 95.8 cm³/mol. The van der Waals surface area contributed by atoms with Crippen LogP contribution in [-0.2, 0) is 19.0 Å². The van der Waals surface area contributed by atoms with Crippen molar-refractivity contribution in [2.45, 2.75) is 32.2 Å². The molecule has 0 aliphatic carbocycles. The molecule has 3 N–H and O–H groups in total. The van der Waals surface area contributed by atoms with Crippen LogP contribution >= 0.6 is 21.4 Å². The second kappa shape index (κ2) is 15.9. The molecule has 0 fully saturated rings. The van der Waals surface area contributed by atoms with E-state index < -0.39 is 12.4 Å². The maximum absolute atomic E-state index is 11.5. The molecular weight excluding hydrogens is 355 g/mol. The van der Waals surface area contributed by atoms with Crippen molar-refractivity contribution in [1.29, 1.82) is 0 Å². The minimum Gasteiger partial charge on any atom is -0.444 e. The molecule has 0 saturated carbocycles. The maximum Gasteiger partial charge on any atom is 0.407 e. The highest BCUT2D eigenvalue weighted by molar-refractivity contribution is 8.84. The van der Waals surface area contributed by atoms with Crippen LogP contribution < -0.4 is 10.6 Å². The lowest BCUT2D eigenvalue weighted by atomic mass is 10.3. The molecule has 8 nitrogen and oxygen atoms in total. The number of hydrogen-bond donors (Lipinski definition) is 3. The highest BCUT2D eigenvalue weighted by Gasteiger charge is 2.16. The second-order valence-electron chi connectivity index (χ2n) is 4.56. The topological polar surface area (TPSA) is 106 Å². The summed E-state index contributed by atoms with van der Waals surface area (Å²) < 4.78 is 15.4. The van der Waals surface area contributed by atoms with Gasteiger partial charge >= 0.3 is 6.09 Å². The Bertz CT molecular complexity index is 350. The van der Waals surface area contributed by atoms with Gasteiger partial charge in [0.05, 0.1) is 12.7 Å². The Balaban J connectivity index is 3.79. The van der Waals surface area contributed by atoms with Gasteiger partial charge in [0.25, 0.3) is 0 Å². The van der Waals surface area contributed by atoms with Gasteiger partial charge in [0, 0.05) is 32.4 Å². The first-order valence-electron chi connectivity index (χ1n) is 7.52. The molecule has 0 aromatic heterocycles. The van der Waals surface area contributed by atoms with Gasteiger partial charge in [-0.05, 0) is 6.42 Å². The van der Waals surface area contributed by atoms with Gasteiger partial charge in [0.1, 0.15) is 6.61 Å². The van der Waals surface area contributed by atoms with Crippen molar-refractivity contribution in [3.63, 3.8) is 0 Å². The lowest BCUT2D eigenvalue weighted by Gasteiger charge is -2.21. The molecule has 2 atom stereocenters. The van der Waals surface area contributed by atoms with Crippen molar-refractivity contribution in [2.75, 3.05) is 39.2 Å². The van der Waals surface area contributed by atoms with Crippen LogP contribution in [0.25, 0.3) is 0 Å². The Morgan fingerprint density at radius 2 is 2.04 bits per heavy atom. The van der Waals surface area contributed by atoms with E-state index in [0.29, 0.717) is 18.7 Å². The molecule has 0 bridgehead atoms. The number of carbonyl (C=O) groups is 2. The number of ether oxygens (including phenoxy) is 3. The molecule has 2 amide bonds. The molecular formula is C13H25BN2O6S2. The maximum atomic E-state index is 11.5.